The van der Waals surface area contributed by atoms with Crippen LogP contribution >= 0.6 is 0 Å². The Labute approximate surface area is 152 Å². The second-order valence-electron chi connectivity index (χ2n) is 5.89. The molecule has 0 radical (unpaired) electrons. The predicted molar refractivity (Wildman–Crippen MR) is 84.8 cm³/mol. The number of nitrogens with one attached hydrogen (secondary N) is 1. The van der Waals surface area contributed by atoms with Crippen LogP contribution in [-0.4, -0.2) is 58.3 Å². The second-order valence-corrected chi connectivity index (χ2v) is 7.82. The Morgan fingerprint density at radius 2 is 1.70 bits per heavy atom. The summed E-state index contributed by atoms with van der Waals surface area (Å²) in [5.74, 6) is -2.82. The summed E-state index contributed by atoms with van der Waals surface area (Å²) in [6, 6.07) is 0. The van der Waals surface area contributed by atoms with Gasteiger partial charge in [-0.1, -0.05) is 0 Å². The number of hydrogen-bond acceptors (Lipinski definition) is 6. The zero-order valence-corrected chi connectivity index (χ0v) is 15.1. The van der Waals surface area contributed by atoms with Crippen LogP contribution in [0.15, 0.2) is 4.79 Å². The molecular weight excluding hydrogens is 395 g/mol. The SMILES string of the molecule is Cn1c(C(F)(F)F)nn(CCNS(=O)(=O)CCN2C(=O)CCCC2=O)c1=O. The van der Waals surface area contributed by atoms with Crippen LogP contribution in [-0.2, 0) is 39.4 Å². The highest BCUT2D eigenvalue weighted by Crippen LogP contribution is 2.25. The van der Waals surface area contributed by atoms with E-state index in [0.717, 1.165) is 11.9 Å². The zero-order chi connectivity index (χ0) is 20.4. The van der Waals surface area contributed by atoms with Crippen LogP contribution in [0.3, 0.4) is 0 Å². The molecule has 1 aromatic heterocycles. The van der Waals surface area contributed by atoms with Gasteiger partial charge in [0.2, 0.25) is 27.7 Å². The van der Waals surface area contributed by atoms with Crippen LogP contribution in [0, 0.1) is 0 Å². The minimum absolute atomic E-state index is 0.170. The minimum Gasteiger partial charge on any atom is -0.282 e. The van der Waals surface area contributed by atoms with E-state index in [2.05, 4.69) is 9.82 Å². The summed E-state index contributed by atoms with van der Waals surface area (Å²) in [5, 5.41) is 3.15. The molecule has 0 spiro atoms. The number of nitrogens with zero attached hydrogens (tertiary/aromatic N) is 4. The monoisotopic (exact) mass is 413 g/mol. The van der Waals surface area contributed by atoms with E-state index >= 15 is 0 Å². The number of carbonyl (C=O) groups excluding carboxylic acids is 2. The van der Waals surface area contributed by atoms with E-state index < -0.39 is 51.8 Å². The number of hydrogen-bond donors (Lipinski definition) is 1. The van der Waals surface area contributed by atoms with Gasteiger partial charge in [-0.25, -0.2) is 22.6 Å². The zero-order valence-electron chi connectivity index (χ0n) is 14.3. The van der Waals surface area contributed by atoms with Crippen LogP contribution in [0.1, 0.15) is 25.1 Å². The second kappa shape index (κ2) is 7.80. The number of imide groups is 1. The van der Waals surface area contributed by atoms with Gasteiger partial charge in [0, 0.05) is 33.0 Å². The number of likely N-dealkylation sites (tertiary alicyclic amines) is 1. The lowest BCUT2D eigenvalue weighted by molar-refractivity contribution is -0.148. The first-order chi connectivity index (χ1) is 12.4. The molecule has 0 saturated carbocycles. The van der Waals surface area contributed by atoms with Gasteiger partial charge in [-0.3, -0.25) is 19.1 Å². The maximum Gasteiger partial charge on any atom is 0.451 e. The van der Waals surface area contributed by atoms with E-state index in [9.17, 15) is 36.0 Å². The van der Waals surface area contributed by atoms with Gasteiger partial charge in [-0.15, -0.1) is 5.10 Å². The Balaban J connectivity index is 1.92. The molecule has 1 saturated heterocycles. The average Bonchev–Trinajstić information content (AvgIpc) is 2.83. The Morgan fingerprint density at radius 3 is 2.22 bits per heavy atom. The summed E-state index contributed by atoms with van der Waals surface area (Å²) in [4.78, 5) is 35.8. The van der Waals surface area contributed by atoms with Gasteiger partial charge in [0.1, 0.15) is 0 Å². The first-order valence-corrected chi connectivity index (χ1v) is 9.59. The van der Waals surface area contributed by atoms with Crippen molar-refractivity contribution < 1.29 is 31.2 Å². The molecule has 14 heteroatoms. The lowest BCUT2D eigenvalue weighted by Crippen LogP contribution is -2.44. The van der Waals surface area contributed by atoms with Crippen LogP contribution in [0.25, 0.3) is 0 Å². The molecule has 1 aromatic rings. The summed E-state index contributed by atoms with van der Waals surface area (Å²) in [5.41, 5.74) is -1.04. The van der Waals surface area contributed by atoms with E-state index in [1.165, 1.54) is 0 Å². The smallest absolute Gasteiger partial charge is 0.282 e. The fraction of sp³-hybridized carbons (Fsp3) is 0.692. The fourth-order valence-electron chi connectivity index (χ4n) is 2.52. The van der Waals surface area contributed by atoms with Crippen molar-refractivity contribution in [2.45, 2.75) is 32.0 Å². The number of amides is 2. The number of rotatable bonds is 7. The fourth-order valence-corrected chi connectivity index (χ4v) is 3.49. The summed E-state index contributed by atoms with van der Waals surface area (Å²) in [6.45, 7) is -1.10. The van der Waals surface area contributed by atoms with Crippen molar-refractivity contribution in [3.05, 3.63) is 16.3 Å². The van der Waals surface area contributed by atoms with E-state index in [4.69, 9.17) is 0 Å². The Bertz CT molecular complexity index is 873. The third kappa shape index (κ3) is 5.15. The molecule has 0 aromatic carbocycles. The van der Waals surface area contributed by atoms with Gasteiger partial charge in [0.15, 0.2) is 0 Å². The van der Waals surface area contributed by atoms with Gasteiger partial charge in [0.25, 0.3) is 0 Å². The van der Waals surface area contributed by atoms with Gasteiger partial charge >= 0.3 is 11.9 Å². The highest BCUT2D eigenvalue weighted by Gasteiger charge is 2.38. The number of carbonyl (C=O) groups is 2. The molecule has 10 nitrogen and oxygen atoms in total. The molecule has 0 unspecified atom stereocenters. The van der Waals surface area contributed by atoms with Crippen LogP contribution in [0.4, 0.5) is 13.2 Å². The lowest BCUT2D eigenvalue weighted by Gasteiger charge is -2.24. The van der Waals surface area contributed by atoms with Gasteiger partial charge in [-0.2, -0.15) is 13.2 Å². The first kappa shape index (κ1) is 21.1. The van der Waals surface area contributed by atoms with Gasteiger partial charge < -0.3 is 0 Å². The number of alkyl halides is 3. The highest BCUT2D eigenvalue weighted by atomic mass is 32.2. The molecule has 1 N–H and O–H groups in total. The third-order valence-electron chi connectivity index (χ3n) is 3.91. The summed E-state index contributed by atoms with van der Waals surface area (Å²) in [6.07, 6.45) is -4.04. The Morgan fingerprint density at radius 1 is 1.11 bits per heavy atom. The third-order valence-corrected chi connectivity index (χ3v) is 5.27. The maximum absolute atomic E-state index is 12.7. The Kier molecular flexibility index (Phi) is 6.09. The Hall–Kier alpha value is -2.22. The van der Waals surface area contributed by atoms with E-state index in [1.807, 2.05) is 0 Å². The van der Waals surface area contributed by atoms with Crippen molar-refractivity contribution in [3.63, 3.8) is 0 Å². The van der Waals surface area contributed by atoms with E-state index in [-0.39, 0.29) is 25.9 Å². The van der Waals surface area contributed by atoms with Crippen LogP contribution < -0.4 is 10.4 Å². The molecule has 2 amide bonds. The lowest BCUT2D eigenvalue weighted by atomic mass is 10.1. The van der Waals surface area contributed by atoms with Crippen LogP contribution in [0.2, 0.25) is 0 Å². The van der Waals surface area contributed by atoms with Gasteiger partial charge in [0.05, 0.1) is 12.3 Å². The van der Waals surface area contributed by atoms with Crippen molar-refractivity contribution in [2.24, 2.45) is 7.05 Å². The normalized spacial score (nSPS) is 16.2. The largest absolute Gasteiger partial charge is 0.451 e. The molecule has 2 heterocycles. The van der Waals surface area contributed by atoms with Crippen molar-refractivity contribution in [1.82, 2.24) is 24.0 Å². The number of sulfonamides is 1. The molecule has 1 aliphatic heterocycles. The van der Waals surface area contributed by atoms with Crippen molar-refractivity contribution in [2.75, 3.05) is 18.8 Å². The molecule has 2 rings (SSSR count). The molecule has 0 atom stereocenters. The van der Waals surface area contributed by atoms with E-state index in [0.29, 0.717) is 15.7 Å². The van der Waals surface area contributed by atoms with Crippen molar-refractivity contribution in [3.8, 4) is 0 Å². The van der Waals surface area contributed by atoms with Crippen molar-refractivity contribution >= 4 is 21.8 Å². The quantitative estimate of drug-likeness (QED) is 0.576. The summed E-state index contributed by atoms with van der Waals surface area (Å²) < 4.78 is 64.9. The minimum atomic E-state index is -4.81. The maximum atomic E-state index is 12.7. The topological polar surface area (TPSA) is 123 Å². The number of halogens is 3. The van der Waals surface area contributed by atoms with Crippen molar-refractivity contribution in [1.29, 1.82) is 0 Å². The molecule has 27 heavy (non-hydrogen) atoms. The average molecular weight is 413 g/mol. The molecule has 0 aliphatic carbocycles. The molecular formula is C13H18F3N5O5S. The molecule has 1 aliphatic rings. The van der Waals surface area contributed by atoms with Crippen LogP contribution in [0.5, 0.6) is 0 Å². The van der Waals surface area contributed by atoms with E-state index in [1.54, 1.807) is 0 Å². The standard InChI is InChI=1S/C13H18F3N5O5S/c1-19-11(13(14,15)16)18-21(12(19)24)6-5-17-27(25,26)8-7-20-9(22)3-2-4-10(20)23/h17H,2-8H2,1H3. The highest BCUT2D eigenvalue weighted by molar-refractivity contribution is 7.89. The summed E-state index contributed by atoms with van der Waals surface area (Å²) >= 11 is 0. The van der Waals surface area contributed by atoms with Gasteiger partial charge in [-0.05, 0) is 6.42 Å². The predicted octanol–water partition coefficient (Wildman–Crippen LogP) is -0.941. The molecule has 0 bridgehead atoms. The molecule has 1 fully saturated rings. The number of aromatic nitrogens is 3. The summed E-state index contributed by atoms with van der Waals surface area (Å²) in [7, 11) is -3.00. The number of piperidine rings is 1. The molecule has 152 valence electrons. The first-order valence-electron chi connectivity index (χ1n) is 7.94.